The zero-order valence-corrected chi connectivity index (χ0v) is 15.1. The lowest BCUT2D eigenvalue weighted by molar-refractivity contribution is 0.463. The van der Waals surface area contributed by atoms with Gasteiger partial charge in [0.15, 0.2) is 4.98 Å². The normalized spacial score (nSPS) is 10.3. The van der Waals surface area contributed by atoms with Crippen LogP contribution in [0.5, 0.6) is 0 Å². The van der Waals surface area contributed by atoms with Crippen molar-refractivity contribution in [2.24, 2.45) is 0 Å². The number of aryl methyl sites for hydroxylation is 1. The maximum absolute atomic E-state index is 10.4. The Kier molecular flexibility index (Phi) is 6.61. The summed E-state index contributed by atoms with van der Waals surface area (Å²) >= 11 is 0. The number of benzene rings is 3. The van der Waals surface area contributed by atoms with Crippen LogP contribution >= 0.6 is 0 Å². The van der Waals surface area contributed by atoms with Gasteiger partial charge in [0.1, 0.15) is 10.1 Å². The molecular formula is C20H18N2O3S. The van der Waals surface area contributed by atoms with Crippen molar-refractivity contribution in [1.82, 2.24) is 0 Å². The molecule has 0 atom stereocenters. The molecule has 0 N–H and O–H groups in total. The zero-order chi connectivity index (χ0) is 19.0. The molecule has 3 rings (SSSR count). The van der Waals surface area contributed by atoms with E-state index < -0.39 is 10.1 Å². The van der Waals surface area contributed by atoms with Crippen molar-refractivity contribution in [2.75, 3.05) is 0 Å². The molecule has 3 aromatic rings. The number of nitrogens with zero attached hydrogens (tertiary/aromatic N) is 2. The van der Waals surface area contributed by atoms with Crippen LogP contribution < -0.4 is 0 Å². The summed E-state index contributed by atoms with van der Waals surface area (Å²) in [6, 6.07) is 23.6. The molecule has 0 spiro atoms. The monoisotopic (exact) mass is 366 g/mol. The second-order valence-electron chi connectivity index (χ2n) is 5.70. The van der Waals surface area contributed by atoms with E-state index >= 15 is 0 Å². The molecule has 0 unspecified atom stereocenters. The SMILES string of the molecule is Cc1ccc(S(=O)(=O)[O-])cc1.N#[N+]c1ccc(Cc2ccccc2)cc1. The van der Waals surface area contributed by atoms with Crippen LogP contribution in [0.25, 0.3) is 4.98 Å². The molecule has 5 nitrogen and oxygen atoms in total. The van der Waals surface area contributed by atoms with Gasteiger partial charge in [0.25, 0.3) is 0 Å². The third-order valence-corrected chi connectivity index (χ3v) is 4.46. The first-order valence-corrected chi connectivity index (χ1v) is 9.30. The van der Waals surface area contributed by atoms with Crippen LogP contribution in [0.4, 0.5) is 5.69 Å². The van der Waals surface area contributed by atoms with Crippen molar-refractivity contribution in [3.63, 3.8) is 0 Å². The molecular weight excluding hydrogens is 348 g/mol. The van der Waals surface area contributed by atoms with Crippen molar-refractivity contribution < 1.29 is 13.0 Å². The Morgan fingerprint density at radius 3 is 1.88 bits per heavy atom. The van der Waals surface area contributed by atoms with Gasteiger partial charge in [-0.2, -0.15) is 0 Å². The van der Waals surface area contributed by atoms with E-state index in [1.165, 1.54) is 23.3 Å². The van der Waals surface area contributed by atoms with Crippen molar-refractivity contribution in [2.45, 2.75) is 18.2 Å². The number of hydrogen-bond acceptors (Lipinski definition) is 4. The van der Waals surface area contributed by atoms with E-state index in [2.05, 4.69) is 17.1 Å². The summed E-state index contributed by atoms with van der Waals surface area (Å²) in [6.07, 6.45) is 0.909. The third kappa shape index (κ3) is 6.13. The van der Waals surface area contributed by atoms with E-state index in [4.69, 9.17) is 5.39 Å². The Bertz CT molecular complexity index is 976. The Morgan fingerprint density at radius 2 is 1.38 bits per heavy atom. The second kappa shape index (κ2) is 8.90. The molecule has 0 heterocycles. The van der Waals surface area contributed by atoms with Crippen LogP contribution in [0.3, 0.4) is 0 Å². The molecule has 6 heteroatoms. The largest absolute Gasteiger partial charge is 0.744 e. The highest BCUT2D eigenvalue weighted by Gasteiger charge is 2.02. The van der Waals surface area contributed by atoms with E-state index in [0.29, 0.717) is 5.69 Å². The molecule has 0 aliphatic heterocycles. The van der Waals surface area contributed by atoms with E-state index in [9.17, 15) is 13.0 Å². The van der Waals surface area contributed by atoms with Gasteiger partial charge in [-0.05, 0) is 36.6 Å². The summed E-state index contributed by atoms with van der Waals surface area (Å²) in [5.74, 6) is 0. The Hall–Kier alpha value is -3.01. The fourth-order valence-electron chi connectivity index (χ4n) is 2.22. The second-order valence-corrected chi connectivity index (χ2v) is 7.08. The number of diazo groups is 1. The van der Waals surface area contributed by atoms with E-state index in [0.717, 1.165) is 12.0 Å². The molecule has 0 fully saturated rings. The smallest absolute Gasteiger partial charge is 0.385 e. The first kappa shape index (κ1) is 19.3. The minimum atomic E-state index is -4.27. The lowest BCUT2D eigenvalue weighted by atomic mass is 10.1. The summed E-state index contributed by atoms with van der Waals surface area (Å²) in [4.78, 5) is 2.94. The molecule has 0 amide bonds. The topological polar surface area (TPSA) is 85.4 Å². The van der Waals surface area contributed by atoms with Crippen LogP contribution in [0, 0.1) is 12.3 Å². The summed E-state index contributed by atoms with van der Waals surface area (Å²) in [7, 11) is -4.27. The quantitative estimate of drug-likeness (QED) is 0.498. The molecule has 26 heavy (non-hydrogen) atoms. The van der Waals surface area contributed by atoms with Gasteiger partial charge in [-0.15, -0.1) is 0 Å². The Morgan fingerprint density at radius 1 is 0.846 bits per heavy atom. The van der Waals surface area contributed by atoms with Crippen LogP contribution in [0.2, 0.25) is 0 Å². The third-order valence-electron chi connectivity index (χ3n) is 3.61. The first-order chi connectivity index (χ1) is 12.4. The molecule has 0 saturated heterocycles. The molecule has 0 bridgehead atoms. The Labute approximate surface area is 153 Å². The molecule has 3 aromatic carbocycles. The van der Waals surface area contributed by atoms with E-state index in [1.807, 2.05) is 37.3 Å². The summed E-state index contributed by atoms with van der Waals surface area (Å²) in [5, 5.41) is 8.54. The first-order valence-electron chi connectivity index (χ1n) is 7.89. The highest BCUT2D eigenvalue weighted by atomic mass is 32.2. The molecule has 0 radical (unpaired) electrons. The highest BCUT2D eigenvalue weighted by molar-refractivity contribution is 7.85. The van der Waals surface area contributed by atoms with Gasteiger partial charge in [-0.25, -0.2) is 8.42 Å². The van der Waals surface area contributed by atoms with Crippen LogP contribution in [-0.2, 0) is 16.5 Å². The molecule has 0 aliphatic rings. The Balaban J connectivity index is 0.000000197. The summed E-state index contributed by atoms with van der Waals surface area (Å²) in [6.45, 7) is 1.82. The van der Waals surface area contributed by atoms with Crippen LogP contribution in [0.15, 0.2) is 83.8 Å². The van der Waals surface area contributed by atoms with E-state index in [1.54, 1.807) is 24.3 Å². The van der Waals surface area contributed by atoms with Gasteiger partial charge in [0, 0.05) is 12.1 Å². The summed E-state index contributed by atoms with van der Waals surface area (Å²) < 4.78 is 31.2. The average molecular weight is 366 g/mol. The zero-order valence-electron chi connectivity index (χ0n) is 14.2. The van der Waals surface area contributed by atoms with Gasteiger partial charge in [-0.1, -0.05) is 60.2 Å². The predicted octanol–water partition coefficient (Wildman–Crippen LogP) is 4.66. The van der Waals surface area contributed by atoms with Gasteiger partial charge in [0.05, 0.1) is 4.90 Å². The van der Waals surface area contributed by atoms with Crippen molar-refractivity contribution >= 4 is 15.8 Å². The lowest BCUT2D eigenvalue weighted by Crippen LogP contribution is -1.97. The van der Waals surface area contributed by atoms with Crippen molar-refractivity contribution in [3.05, 3.63) is 101 Å². The minimum absolute atomic E-state index is 0.178. The standard InChI is InChI=1S/C13H11N2.C7H8O3S/c14-15-13-8-6-12(7-9-13)10-11-4-2-1-3-5-11;1-6-2-4-7(5-3-6)11(8,9)10/h1-9H,10H2;2-5H,1H3,(H,8,9,10)/q+1;/p-1. The predicted molar refractivity (Wildman–Crippen MR) is 99.6 cm³/mol. The molecule has 132 valence electrons. The fraction of sp³-hybridized carbons (Fsp3) is 0.100. The van der Waals surface area contributed by atoms with Gasteiger partial charge in [-0.3, -0.25) is 0 Å². The van der Waals surface area contributed by atoms with Crippen molar-refractivity contribution in [3.8, 4) is 0 Å². The van der Waals surface area contributed by atoms with Crippen LogP contribution in [-0.4, -0.2) is 13.0 Å². The molecule has 0 saturated carbocycles. The van der Waals surface area contributed by atoms with Gasteiger partial charge in [0.2, 0.25) is 5.39 Å². The van der Waals surface area contributed by atoms with E-state index in [-0.39, 0.29) is 4.90 Å². The number of rotatable bonds is 3. The molecule has 0 aliphatic carbocycles. The maximum Gasteiger partial charge on any atom is 0.385 e. The lowest BCUT2D eigenvalue weighted by Gasteiger charge is -2.05. The number of hydrogen-bond donors (Lipinski definition) is 0. The average Bonchev–Trinajstić information content (AvgIpc) is 2.63. The van der Waals surface area contributed by atoms with Crippen molar-refractivity contribution in [1.29, 1.82) is 5.39 Å². The van der Waals surface area contributed by atoms with Gasteiger partial charge >= 0.3 is 5.69 Å². The minimum Gasteiger partial charge on any atom is -0.744 e. The van der Waals surface area contributed by atoms with Gasteiger partial charge < -0.3 is 4.55 Å². The van der Waals surface area contributed by atoms with Crippen LogP contribution in [0.1, 0.15) is 16.7 Å². The maximum atomic E-state index is 10.4. The highest BCUT2D eigenvalue weighted by Crippen LogP contribution is 2.15. The summed E-state index contributed by atoms with van der Waals surface area (Å²) in [5.41, 5.74) is 4.02. The fourth-order valence-corrected chi connectivity index (χ4v) is 2.69. The molecule has 0 aromatic heterocycles.